The van der Waals surface area contributed by atoms with E-state index in [4.69, 9.17) is 11.6 Å². The van der Waals surface area contributed by atoms with Crippen LogP contribution in [0.4, 0.5) is 10.2 Å². The molecule has 1 fully saturated rings. The van der Waals surface area contributed by atoms with Crippen molar-refractivity contribution in [1.29, 1.82) is 0 Å². The number of nitrogens with zero attached hydrogens (tertiary/aromatic N) is 3. The molecule has 0 aromatic carbocycles. The Kier molecular flexibility index (Phi) is 3.05. The van der Waals surface area contributed by atoms with Gasteiger partial charge in [0.15, 0.2) is 0 Å². The second kappa shape index (κ2) is 4.31. The number of hydrogen-bond acceptors (Lipinski definition) is 3. The van der Waals surface area contributed by atoms with Gasteiger partial charge in [-0.25, -0.2) is 14.4 Å². The van der Waals surface area contributed by atoms with Crippen LogP contribution in [0.5, 0.6) is 0 Å². The highest BCUT2D eigenvalue weighted by Crippen LogP contribution is 2.21. The largest absolute Gasteiger partial charge is 0.356 e. The minimum absolute atomic E-state index is 0.257. The average Bonchev–Trinajstić information content (AvgIpc) is 2.17. The van der Waals surface area contributed by atoms with Gasteiger partial charge in [-0.2, -0.15) is 0 Å². The molecule has 2 rings (SSSR count). The van der Waals surface area contributed by atoms with Crippen LogP contribution in [0, 0.1) is 6.92 Å². The van der Waals surface area contributed by atoms with Gasteiger partial charge < -0.3 is 4.90 Å². The van der Waals surface area contributed by atoms with Gasteiger partial charge in [0.1, 0.15) is 12.0 Å². The molecule has 1 aromatic heterocycles. The monoisotopic (exact) mass is 229 g/mol. The SMILES string of the molecule is Cc1cc(N2CCC(F)CC2)nc(Cl)n1. The molecule has 0 spiro atoms. The van der Waals surface area contributed by atoms with E-state index in [0.717, 1.165) is 11.5 Å². The molecule has 15 heavy (non-hydrogen) atoms. The Hall–Kier alpha value is -0.900. The van der Waals surface area contributed by atoms with Crippen molar-refractivity contribution in [2.75, 3.05) is 18.0 Å². The summed E-state index contributed by atoms with van der Waals surface area (Å²) in [5.41, 5.74) is 0.840. The third kappa shape index (κ3) is 2.56. The van der Waals surface area contributed by atoms with Crippen molar-refractivity contribution in [3.05, 3.63) is 17.0 Å². The number of aryl methyl sites for hydroxylation is 1. The quantitative estimate of drug-likeness (QED) is 0.693. The number of rotatable bonds is 1. The fourth-order valence-electron chi connectivity index (χ4n) is 1.76. The molecule has 0 saturated carbocycles. The standard InChI is InChI=1S/C10H13ClFN3/c1-7-6-9(14-10(11)13-7)15-4-2-8(12)3-5-15/h6,8H,2-5H2,1H3. The molecular weight excluding hydrogens is 217 g/mol. The Morgan fingerprint density at radius 1 is 1.40 bits per heavy atom. The van der Waals surface area contributed by atoms with Crippen LogP contribution in [-0.4, -0.2) is 29.2 Å². The number of piperidine rings is 1. The van der Waals surface area contributed by atoms with Crippen LogP contribution in [0.25, 0.3) is 0 Å². The van der Waals surface area contributed by atoms with Crippen LogP contribution in [-0.2, 0) is 0 Å². The molecule has 3 nitrogen and oxygen atoms in total. The van der Waals surface area contributed by atoms with Crippen molar-refractivity contribution in [2.45, 2.75) is 25.9 Å². The molecule has 0 atom stereocenters. The van der Waals surface area contributed by atoms with E-state index in [0.29, 0.717) is 25.9 Å². The lowest BCUT2D eigenvalue weighted by Gasteiger charge is -2.29. The minimum Gasteiger partial charge on any atom is -0.356 e. The summed E-state index contributed by atoms with van der Waals surface area (Å²) >= 11 is 5.78. The van der Waals surface area contributed by atoms with Crippen molar-refractivity contribution in [1.82, 2.24) is 9.97 Å². The highest BCUT2D eigenvalue weighted by Gasteiger charge is 2.19. The minimum atomic E-state index is -0.667. The maximum atomic E-state index is 12.9. The summed E-state index contributed by atoms with van der Waals surface area (Å²) in [7, 11) is 0. The van der Waals surface area contributed by atoms with Gasteiger partial charge in [-0.05, 0) is 31.4 Å². The third-order valence-corrected chi connectivity index (χ3v) is 2.73. The second-order valence-corrected chi connectivity index (χ2v) is 4.14. The van der Waals surface area contributed by atoms with E-state index < -0.39 is 6.17 Å². The first-order valence-electron chi connectivity index (χ1n) is 5.05. The molecule has 1 saturated heterocycles. The van der Waals surface area contributed by atoms with Crippen molar-refractivity contribution >= 4 is 17.4 Å². The number of anilines is 1. The predicted molar refractivity (Wildman–Crippen MR) is 58.1 cm³/mol. The lowest BCUT2D eigenvalue weighted by molar-refractivity contribution is 0.276. The highest BCUT2D eigenvalue weighted by atomic mass is 35.5. The summed E-state index contributed by atoms with van der Waals surface area (Å²) < 4.78 is 12.9. The number of aromatic nitrogens is 2. The zero-order chi connectivity index (χ0) is 10.8. The summed E-state index contributed by atoms with van der Waals surface area (Å²) in [6, 6.07) is 1.88. The lowest BCUT2D eigenvalue weighted by atomic mass is 10.1. The summed E-state index contributed by atoms with van der Waals surface area (Å²) in [6.45, 7) is 3.28. The van der Waals surface area contributed by atoms with Crippen LogP contribution < -0.4 is 4.90 Å². The molecule has 1 aliphatic heterocycles. The van der Waals surface area contributed by atoms with Gasteiger partial charge in [-0.15, -0.1) is 0 Å². The molecule has 0 aliphatic carbocycles. The van der Waals surface area contributed by atoms with Crippen LogP contribution in [0.1, 0.15) is 18.5 Å². The Labute approximate surface area is 93.3 Å². The van der Waals surface area contributed by atoms with E-state index in [2.05, 4.69) is 14.9 Å². The topological polar surface area (TPSA) is 29.0 Å². The molecule has 0 radical (unpaired) electrons. The summed E-state index contributed by atoms with van der Waals surface area (Å²) in [5.74, 6) is 0.805. The van der Waals surface area contributed by atoms with Crippen LogP contribution in [0.2, 0.25) is 5.28 Å². The van der Waals surface area contributed by atoms with Crippen LogP contribution in [0.3, 0.4) is 0 Å². The van der Waals surface area contributed by atoms with Crippen LogP contribution >= 0.6 is 11.6 Å². The lowest BCUT2D eigenvalue weighted by Crippen LogP contribution is -2.35. The number of halogens is 2. The highest BCUT2D eigenvalue weighted by molar-refractivity contribution is 6.28. The summed E-state index contributed by atoms with van der Waals surface area (Å²) in [6.07, 6.45) is 0.473. The summed E-state index contributed by atoms with van der Waals surface area (Å²) in [4.78, 5) is 10.2. The van der Waals surface area contributed by atoms with Crippen molar-refractivity contribution in [3.63, 3.8) is 0 Å². The first kappa shape index (κ1) is 10.6. The smallest absolute Gasteiger partial charge is 0.224 e. The zero-order valence-electron chi connectivity index (χ0n) is 8.58. The average molecular weight is 230 g/mol. The molecule has 0 amide bonds. The Morgan fingerprint density at radius 3 is 2.67 bits per heavy atom. The van der Waals surface area contributed by atoms with Gasteiger partial charge in [-0.3, -0.25) is 0 Å². The molecule has 1 aliphatic rings. The zero-order valence-corrected chi connectivity index (χ0v) is 9.34. The molecule has 0 bridgehead atoms. The van der Waals surface area contributed by atoms with E-state index in [1.54, 1.807) is 0 Å². The van der Waals surface area contributed by atoms with E-state index in [1.807, 2.05) is 13.0 Å². The van der Waals surface area contributed by atoms with Gasteiger partial charge in [0.2, 0.25) is 5.28 Å². The van der Waals surface area contributed by atoms with E-state index in [9.17, 15) is 4.39 Å². The fraction of sp³-hybridized carbons (Fsp3) is 0.600. The second-order valence-electron chi connectivity index (χ2n) is 3.80. The Morgan fingerprint density at radius 2 is 2.07 bits per heavy atom. The molecule has 82 valence electrons. The number of alkyl halides is 1. The van der Waals surface area contributed by atoms with Crippen molar-refractivity contribution in [3.8, 4) is 0 Å². The molecule has 5 heteroatoms. The Bertz CT molecular complexity index is 330. The molecule has 1 aromatic rings. The third-order valence-electron chi connectivity index (χ3n) is 2.56. The van der Waals surface area contributed by atoms with Gasteiger partial charge in [-0.1, -0.05) is 0 Å². The Balaban J connectivity index is 2.15. The molecule has 0 N–H and O–H groups in total. The van der Waals surface area contributed by atoms with Crippen molar-refractivity contribution < 1.29 is 4.39 Å². The molecule has 0 unspecified atom stereocenters. The summed E-state index contributed by atoms with van der Waals surface area (Å²) in [5, 5.41) is 0.257. The predicted octanol–water partition coefficient (Wildman–Crippen LogP) is 2.38. The normalized spacial score (nSPS) is 18.2. The fourth-order valence-corrected chi connectivity index (χ4v) is 1.98. The molecular formula is C10H13ClFN3. The van der Waals surface area contributed by atoms with Gasteiger partial charge in [0, 0.05) is 24.8 Å². The van der Waals surface area contributed by atoms with Crippen LogP contribution in [0.15, 0.2) is 6.07 Å². The van der Waals surface area contributed by atoms with Gasteiger partial charge in [0.25, 0.3) is 0 Å². The van der Waals surface area contributed by atoms with Gasteiger partial charge in [0.05, 0.1) is 0 Å². The molecule has 2 heterocycles. The number of hydrogen-bond donors (Lipinski definition) is 0. The van der Waals surface area contributed by atoms with E-state index >= 15 is 0 Å². The van der Waals surface area contributed by atoms with E-state index in [-0.39, 0.29) is 5.28 Å². The first-order chi connectivity index (χ1) is 7.15. The maximum absolute atomic E-state index is 12.9. The maximum Gasteiger partial charge on any atom is 0.224 e. The van der Waals surface area contributed by atoms with Crippen molar-refractivity contribution in [2.24, 2.45) is 0 Å². The first-order valence-corrected chi connectivity index (χ1v) is 5.43. The van der Waals surface area contributed by atoms with E-state index in [1.165, 1.54) is 0 Å². The van der Waals surface area contributed by atoms with Gasteiger partial charge >= 0.3 is 0 Å².